The van der Waals surface area contributed by atoms with Crippen LogP contribution in [0.4, 0.5) is 4.39 Å². The van der Waals surface area contributed by atoms with Gasteiger partial charge in [0.2, 0.25) is 11.8 Å². The maximum absolute atomic E-state index is 13.5. The van der Waals surface area contributed by atoms with E-state index in [0.717, 1.165) is 0 Å². The first-order valence-electron chi connectivity index (χ1n) is 11.1. The Bertz CT molecular complexity index is 843. The van der Waals surface area contributed by atoms with E-state index in [4.69, 9.17) is 4.74 Å². The van der Waals surface area contributed by atoms with E-state index in [1.54, 1.807) is 22.8 Å². The molecule has 0 radical (unpaired) electrons. The number of carbonyl (C=O) groups is 2. The number of ether oxygens (including phenoxy) is 1. The van der Waals surface area contributed by atoms with Gasteiger partial charge in [0.1, 0.15) is 23.8 Å². The molecular formula is C23H34FN3O5. The standard InChI is InChI=1S/C23H34FN3O5/c1-17-12-20(4-5-21(17)24)32-16-23(31)14-25(10-11-27(15-23)19(3)29)13-22(30)6-8-26(9-7-22)18(2)28/h4-5,12,30-31H,6-11,13-16H2,1-3H3/t23-/m1/s1. The van der Waals surface area contributed by atoms with E-state index in [-0.39, 0.29) is 37.3 Å². The molecule has 9 heteroatoms. The van der Waals surface area contributed by atoms with Gasteiger partial charge in [-0.25, -0.2) is 4.39 Å². The van der Waals surface area contributed by atoms with Crippen molar-refractivity contribution < 1.29 is 28.9 Å². The fourth-order valence-electron chi connectivity index (χ4n) is 4.47. The van der Waals surface area contributed by atoms with E-state index in [9.17, 15) is 24.2 Å². The summed E-state index contributed by atoms with van der Waals surface area (Å²) in [5, 5.41) is 22.5. The van der Waals surface area contributed by atoms with Gasteiger partial charge in [-0.2, -0.15) is 0 Å². The number of carbonyl (C=O) groups excluding carboxylic acids is 2. The first-order valence-corrected chi connectivity index (χ1v) is 11.1. The number of nitrogens with zero attached hydrogens (tertiary/aromatic N) is 3. The van der Waals surface area contributed by atoms with Crippen LogP contribution in [0.15, 0.2) is 18.2 Å². The molecule has 3 rings (SSSR count). The summed E-state index contributed by atoms with van der Waals surface area (Å²) in [6.07, 6.45) is 0.923. The van der Waals surface area contributed by atoms with Crippen molar-refractivity contribution in [3.8, 4) is 5.75 Å². The molecule has 0 bridgehead atoms. The van der Waals surface area contributed by atoms with Gasteiger partial charge < -0.3 is 24.7 Å². The lowest BCUT2D eigenvalue weighted by molar-refractivity contribution is -0.134. The fraction of sp³-hybridized carbons (Fsp3) is 0.652. The van der Waals surface area contributed by atoms with Crippen molar-refractivity contribution in [3.05, 3.63) is 29.6 Å². The molecule has 8 nitrogen and oxygen atoms in total. The molecule has 2 fully saturated rings. The van der Waals surface area contributed by atoms with Crippen LogP contribution in [0, 0.1) is 12.7 Å². The first kappa shape index (κ1) is 24.4. The third kappa shape index (κ3) is 6.17. The third-order valence-corrected chi connectivity index (χ3v) is 6.43. The molecule has 0 aliphatic carbocycles. The number of piperidine rings is 1. The summed E-state index contributed by atoms with van der Waals surface area (Å²) >= 11 is 0. The fourth-order valence-corrected chi connectivity index (χ4v) is 4.47. The molecule has 2 aliphatic heterocycles. The van der Waals surface area contributed by atoms with Crippen molar-refractivity contribution in [3.63, 3.8) is 0 Å². The average molecular weight is 452 g/mol. The minimum atomic E-state index is -1.36. The van der Waals surface area contributed by atoms with E-state index < -0.39 is 11.2 Å². The Morgan fingerprint density at radius 1 is 1.00 bits per heavy atom. The van der Waals surface area contributed by atoms with Crippen LogP contribution >= 0.6 is 0 Å². The van der Waals surface area contributed by atoms with Crippen LogP contribution < -0.4 is 4.74 Å². The minimum Gasteiger partial charge on any atom is -0.490 e. The summed E-state index contributed by atoms with van der Waals surface area (Å²) in [6.45, 7) is 7.15. The number of β-amino-alcohol motifs (C(OH)–C–C–N with tert-alkyl or cyclic N) is 2. The molecule has 2 aliphatic rings. The third-order valence-electron chi connectivity index (χ3n) is 6.43. The molecule has 2 saturated heterocycles. The van der Waals surface area contributed by atoms with Crippen LogP contribution in [0.2, 0.25) is 0 Å². The summed E-state index contributed by atoms with van der Waals surface area (Å²) in [4.78, 5) is 28.9. The van der Waals surface area contributed by atoms with Crippen molar-refractivity contribution in [2.24, 2.45) is 0 Å². The maximum Gasteiger partial charge on any atom is 0.219 e. The predicted molar refractivity (Wildman–Crippen MR) is 117 cm³/mol. The minimum absolute atomic E-state index is 0.00137. The zero-order chi connectivity index (χ0) is 23.5. The number of benzene rings is 1. The number of rotatable bonds is 5. The lowest BCUT2D eigenvalue weighted by Gasteiger charge is -2.41. The highest BCUT2D eigenvalue weighted by molar-refractivity contribution is 5.73. The van der Waals surface area contributed by atoms with Crippen LogP contribution in [0.3, 0.4) is 0 Å². The van der Waals surface area contributed by atoms with E-state index >= 15 is 0 Å². The molecule has 1 aromatic carbocycles. The molecule has 0 aromatic heterocycles. The molecular weight excluding hydrogens is 417 g/mol. The van der Waals surface area contributed by atoms with Gasteiger partial charge >= 0.3 is 0 Å². The maximum atomic E-state index is 13.5. The molecule has 0 saturated carbocycles. The van der Waals surface area contributed by atoms with Gasteiger partial charge in [-0.1, -0.05) is 0 Å². The lowest BCUT2D eigenvalue weighted by Crippen LogP contribution is -2.56. The zero-order valence-corrected chi connectivity index (χ0v) is 19.1. The first-order chi connectivity index (χ1) is 15.0. The molecule has 1 aromatic rings. The van der Waals surface area contributed by atoms with Crippen molar-refractivity contribution in [2.45, 2.75) is 44.8 Å². The van der Waals surface area contributed by atoms with Crippen molar-refractivity contribution >= 4 is 11.8 Å². The van der Waals surface area contributed by atoms with Crippen LogP contribution in [-0.4, -0.2) is 100 Å². The van der Waals surface area contributed by atoms with E-state index in [0.29, 0.717) is 56.9 Å². The van der Waals surface area contributed by atoms with Gasteiger partial charge in [0.05, 0.1) is 12.1 Å². The number of likely N-dealkylation sites (tertiary alicyclic amines) is 1. The van der Waals surface area contributed by atoms with Crippen LogP contribution in [0.25, 0.3) is 0 Å². The van der Waals surface area contributed by atoms with Crippen LogP contribution in [0.5, 0.6) is 5.75 Å². The van der Waals surface area contributed by atoms with Crippen molar-refractivity contribution in [2.75, 3.05) is 52.4 Å². The van der Waals surface area contributed by atoms with E-state index in [1.807, 2.05) is 4.90 Å². The SMILES string of the molecule is CC(=O)N1CCC(O)(CN2CCN(C(C)=O)C[C@@](O)(COc3ccc(F)c(C)c3)C2)CC1. The summed E-state index contributed by atoms with van der Waals surface area (Å²) < 4.78 is 19.3. The van der Waals surface area contributed by atoms with Gasteiger partial charge in [-0.05, 0) is 43.5 Å². The normalized spacial score (nSPS) is 24.2. The second-order valence-electron chi connectivity index (χ2n) is 9.31. The molecule has 2 heterocycles. The van der Waals surface area contributed by atoms with Crippen molar-refractivity contribution in [1.82, 2.24) is 14.7 Å². The van der Waals surface area contributed by atoms with Gasteiger partial charge in [0.25, 0.3) is 0 Å². The summed E-state index contributed by atoms with van der Waals surface area (Å²) in [7, 11) is 0. The second kappa shape index (κ2) is 9.72. The highest BCUT2D eigenvalue weighted by Gasteiger charge is 2.41. The second-order valence-corrected chi connectivity index (χ2v) is 9.31. The highest BCUT2D eigenvalue weighted by Crippen LogP contribution is 2.26. The largest absolute Gasteiger partial charge is 0.490 e. The summed E-state index contributed by atoms with van der Waals surface area (Å²) in [5.74, 6) is -0.0286. The van der Waals surface area contributed by atoms with E-state index in [2.05, 4.69) is 0 Å². The summed E-state index contributed by atoms with van der Waals surface area (Å²) in [5.41, 5.74) is -1.88. The number of amides is 2. The Balaban J connectivity index is 1.69. The van der Waals surface area contributed by atoms with Crippen molar-refractivity contribution in [1.29, 1.82) is 0 Å². The molecule has 0 spiro atoms. The Hall–Kier alpha value is -2.23. The number of halogens is 1. The predicted octanol–water partition coefficient (Wildman–Crippen LogP) is 0.782. The number of aryl methyl sites for hydroxylation is 1. The number of aliphatic hydroxyl groups is 2. The zero-order valence-electron chi connectivity index (χ0n) is 19.1. The Morgan fingerprint density at radius 2 is 1.66 bits per heavy atom. The quantitative estimate of drug-likeness (QED) is 0.687. The summed E-state index contributed by atoms with van der Waals surface area (Å²) in [6, 6.07) is 4.40. The Morgan fingerprint density at radius 3 is 2.25 bits per heavy atom. The van der Waals surface area contributed by atoms with Gasteiger partial charge in [0, 0.05) is 53.1 Å². The number of hydrogen-bond donors (Lipinski definition) is 2. The molecule has 2 amide bonds. The smallest absolute Gasteiger partial charge is 0.219 e. The Kier molecular flexibility index (Phi) is 7.42. The monoisotopic (exact) mass is 451 g/mol. The van der Waals surface area contributed by atoms with Crippen LogP contribution in [-0.2, 0) is 9.59 Å². The van der Waals surface area contributed by atoms with E-state index in [1.165, 1.54) is 26.0 Å². The highest BCUT2D eigenvalue weighted by atomic mass is 19.1. The molecule has 178 valence electrons. The van der Waals surface area contributed by atoms with Gasteiger partial charge in [0.15, 0.2) is 0 Å². The topological polar surface area (TPSA) is 93.6 Å². The average Bonchev–Trinajstić information content (AvgIpc) is 2.88. The Labute approximate surface area is 188 Å². The molecule has 0 unspecified atom stereocenters. The van der Waals surface area contributed by atoms with Crippen LogP contribution in [0.1, 0.15) is 32.3 Å². The molecule has 32 heavy (non-hydrogen) atoms. The van der Waals surface area contributed by atoms with Gasteiger partial charge in [-0.3, -0.25) is 14.5 Å². The molecule has 1 atom stereocenters. The number of hydrogen-bond acceptors (Lipinski definition) is 6. The lowest BCUT2D eigenvalue weighted by atomic mass is 9.90. The molecule has 2 N–H and O–H groups in total. The van der Waals surface area contributed by atoms with Gasteiger partial charge in [-0.15, -0.1) is 0 Å².